The highest BCUT2D eigenvalue weighted by Gasteiger charge is 2.20. The first-order valence-corrected chi connectivity index (χ1v) is 9.30. The van der Waals surface area contributed by atoms with Gasteiger partial charge in [-0.15, -0.1) is 0 Å². The molecule has 0 bridgehead atoms. The summed E-state index contributed by atoms with van der Waals surface area (Å²) in [6, 6.07) is 16.1. The SMILES string of the molecule is CCNC(=S)NCc1ccc(NC(=O)CN2CCc3ccccc32)cc1. The molecule has 0 atom stereocenters. The van der Waals surface area contributed by atoms with Crippen LogP contribution in [-0.4, -0.2) is 30.7 Å². The van der Waals surface area contributed by atoms with E-state index >= 15 is 0 Å². The van der Waals surface area contributed by atoms with E-state index in [2.05, 4.69) is 33.0 Å². The molecule has 136 valence electrons. The van der Waals surface area contributed by atoms with Crippen LogP contribution in [0.5, 0.6) is 0 Å². The van der Waals surface area contributed by atoms with E-state index in [9.17, 15) is 4.79 Å². The third kappa shape index (κ3) is 4.73. The van der Waals surface area contributed by atoms with Gasteiger partial charge in [0.05, 0.1) is 6.54 Å². The molecule has 1 amide bonds. The van der Waals surface area contributed by atoms with Crippen LogP contribution in [0.2, 0.25) is 0 Å². The Morgan fingerprint density at radius 1 is 1.12 bits per heavy atom. The van der Waals surface area contributed by atoms with E-state index in [1.807, 2.05) is 43.3 Å². The molecule has 0 radical (unpaired) electrons. The van der Waals surface area contributed by atoms with Gasteiger partial charge in [0, 0.05) is 31.0 Å². The Labute approximate surface area is 159 Å². The average Bonchev–Trinajstić information content (AvgIpc) is 3.04. The number of anilines is 2. The number of nitrogens with one attached hydrogen (secondary N) is 3. The number of nitrogens with zero attached hydrogens (tertiary/aromatic N) is 1. The Balaban J connectivity index is 1.50. The lowest BCUT2D eigenvalue weighted by atomic mass is 10.2. The van der Waals surface area contributed by atoms with Gasteiger partial charge >= 0.3 is 0 Å². The zero-order valence-corrected chi connectivity index (χ0v) is 15.7. The van der Waals surface area contributed by atoms with E-state index in [1.54, 1.807) is 0 Å². The van der Waals surface area contributed by atoms with E-state index in [0.717, 1.165) is 30.8 Å². The molecule has 0 aliphatic carbocycles. The van der Waals surface area contributed by atoms with Crippen molar-refractivity contribution in [2.75, 3.05) is 29.9 Å². The number of fused-ring (bicyclic) bond motifs is 1. The maximum Gasteiger partial charge on any atom is 0.243 e. The van der Waals surface area contributed by atoms with Gasteiger partial charge in [-0.05, 0) is 54.9 Å². The van der Waals surface area contributed by atoms with Crippen molar-refractivity contribution in [2.24, 2.45) is 0 Å². The smallest absolute Gasteiger partial charge is 0.243 e. The van der Waals surface area contributed by atoms with Gasteiger partial charge in [0.1, 0.15) is 0 Å². The maximum atomic E-state index is 12.4. The van der Waals surface area contributed by atoms with Crippen molar-refractivity contribution in [2.45, 2.75) is 19.9 Å². The summed E-state index contributed by atoms with van der Waals surface area (Å²) in [5.41, 5.74) is 4.39. The monoisotopic (exact) mass is 368 g/mol. The third-order valence-electron chi connectivity index (χ3n) is 4.35. The molecule has 5 nitrogen and oxygen atoms in total. The largest absolute Gasteiger partial charge is 0.363 e. The molecule has 1 heterocycles. The molecular formula is C20H24N4OS. The third-order valence-corrected chi connectivity index (χ3v) is 4.63. The number of amides is 1. The first-order valence-electron chi connectivity index (χ1n) is 8.89. The second-order valence-corrected chi connectivity index (χ2v) is 6.67. The Kier molecular flexibility index (Phi) is 6.07. The number of hydrogen-bond acceptors (Lipinski definition) is 3. The van der Waals surface area contributed by atoms with Crippen LogP contribution in [0.25, 0.3) is 0 Å². The molecule has 26 heavy (non-hydrogen) atoms. The molecule has 3 rings (SSSR count). The Bertz CT molecular complexity index is 776. The number of carbonyl (C=O) groups excluding carboxylic acids is 1. The van der Waals surface area contributed by atoms with Crippen molar-refractivity contribution >= 4 is 34.6 Å². The Morgan fingerprint density at radius 2 is 1.88 bits per heavy atom. The maximum absolute atomic E-state index is 12.4. The molecule has 6 heteroatoms. The summed E-state index contributed by atoms with van der Waals surface area (Å²) in [5.74, 6) is 0.000835. The van der Waals surface area contributed by atoms with E-state index in [1.165, 1.54) is 11.3 Å². The van der Waals surface area contributed by atoms with E-state index in [-0.39, 0.29) is 5.91 Å². The summed E-state index contributed by atoms with van der Waals surface area (Å²) in [5, 5.41) is 9.82. The van der Waals surface area contributed by atoms with Gasteiger partial charge in [-0.3, -0.25) is 4.79 Å². The van der Waals surface area contributed by atoms with Crippen molar-refractivity contribution in [1.29, 1.82) is 0 Å². The zero-order valence-electron chi connectivity index (χ0n) is 14.9. The van der Waals surface area contributed by atoms with Crippen molar-refractivity contribution in [3.63, 3.8) is 0 Å². The average molecular weight is 369 g/mol. The van der Waals surface area contributed by atoms with Crippen molar-refractivity contribution in [1.82, 2.24) is 10.6 Å². The van der Waals surface area contributed by atoms with Gasteiger partial charge in [-0.25, -0.2) is 0 Å². The van der Waals surface area contributed by atoms with Crippen molar-refractivity contribution < 1.29 is 4.79 Å². The summed E-state index contributed by atoms with van der Waals surface area (Å²) in [6.45, 7) is 4.73. The zero-order chi connectivity index (χ0) is 18.4. The van der Waals surface area contributed by atoms with Crippen LogP contribution in [0.4, 0.5) is 11.4 Å². The van der Waals surface area contributed by atoms with Crippen LogP contribution in [0.1, 0.15) is 18.1 Å². The Hall–Kier alpha value is -2.60. The van der Waals surface area contributed by atoms with E-state index < -0.39 is 0 Å². The van der Waals surface area contributed by atoms with Crippen LogP contribution < -0.4 is 20.9 Å². The lowest BCUT2D eigenvalue weighted by Crippen LogP contribution is -2.34. The summed E-state index contributed by atoms with van der Waals surface area (Å²) in [4.78, 5) is 14.5. The van der Waals surface area contributed by atoms with E-state index in [4.69, 9.17) is 12.2 Å². The molecule has 0 saturated carbocycles. The van der Waals surface area contributed by atoms with E-state index in [0.29, 0.717) is 18.2 Å². The number of thiocarbonyl (C=S) groups is 1. The summed E-state index contributed by atoms with van der Waals surface area (Å²) in [6.07, 6.45) is 1.000. The number of rotatable bonds is 6. The fraction of sp³-hybridized carbons (Fsp3) is 0.300. The molecule has 0 saturated heterocycles. The van der Waals surface area contributed by atoms with Gasteiger partial charge in [0.25, 0.3) is 0 Å². The molecule has 2 aromatic carbocycles. The highest BCUT2D eigenvalue weighted by atomic mass is 32.1. The van der Waals surface area contributed by atoms with Crippen LogP contribution in [0.3, 0.4) is 0 Å². The molecule has 3 N–H and O–H groups in total. The highest BCUT2D eigenvalue weighted by Crippen LogP contribution is 2.26. The first-order chi connectivity index (χ1) is 12.7. The summed E-state index contributed by atoms with van der Waals surface area (Å²) >= 11 is 5.15. The minimum Gasteiger partial charge on any atom is -0.363 e. The molecule has 0 fully saturated rings. The topological polar surface area (TPSA) is 56.4 Å². The molecule has 1 aliphatic rings. The van der Waals surface area contributed by atoms with Crippen LogP contribution in [0.15, 0.2) is 48.5 Å². The molecule has 0 unspecified atom stereocenters. The number of benzene rings is 2. The van der Waals surface area contributed by atoms with Crippen LogP contribution in [0, 0.1) is 0 Å². The lowest BCUT2D eigenvalue weighted by Gasteiger charge is -2.18. The fourth-order valence-corrected chi connectivity index (χ4v) is 3.27. The lowest BCUT2D eigenvalue weighted by molar-refractivity contribution is -0.115. The first kappa shape index (κ1) is 18.2. The standard InChI is InChI=1S/C20H24N4OS/c1-2-21-20(26)22-13-15-7-9-17(10-8-15)23-19(25)14-24-12-11-16-5-3-4-6-18(16)24/h3-10H,2,11-14H2,1H3,(H,23,25)(H2,21,22,26). The second kappa shape index (κ2) is 8.67. The number of hydrogen-bond donors (Lipinski definition) is 3. The van der Waals surface area contributed by atoms with Gasteiger partial charge < -0.3 is 20.9 Å². The summed E-state index contributed by atoms with van der Waals surface area (Å²) in [7, 11) is 0. The van der Waals surface area contributed by atoms with Crippen molar-refractivity contribution in [3.05, 3.63) is 59.7 Å². The Morgan fingerprint density at radius 3 is 2.65 bits per heavy atom. The van der Waals surface area contributed by atoms with Gasteiger partial charge in [-0.2, -0.15) is 0 Å². The normalized spacial score (nSPS) is 12.4. The molecule has 1 aliphatic heterocycles. The van der Waals surface area contributed by atoms with Crippen LogP contribution >= 0.6 is 12.2 Å². The fourth-order valence-electron chi connectivity index (χ4n) is 3.06. The predicted molar refractivity (Wildman–Crippen MR) is 111 cm³/mol. The quantitative estimate of drug-likeness (QED) is 0.685. The second-order valence-electron chi connectivity index (χ2n) is 6.26. The minimum absolute atomic E-state index is 0.000835. The van der Waals surface area contributed by atoms with Gasteiger partial charge in [0.2, 0.25) is 5.91 Å². The number of para-hydroxylation sites is 1. The van der Waals surface area contributed by atoms with Gasteiger partial charge in [0.15, 0.2) is 5.11 Å². The number of carbonyl (C=O) groups is 1. The minimum atomic E-state index is 0.000835. The molecular weight excluding hydrogens is 344 g/mol. The molecule has 0 spiro atoms. The van der Waals surface area contributed by atoms with Crippen molar-refractivity contribution in [3.8, 4) is 0 Å². The van der Waals surface area contributed by atoms with Crippen LogP contribution in [-0.2, 0) is 17.8 Å². The molecule has 2 aromatic rings. The predicted octanol–water partition coefficient (Wildman–Crippen LogP) is 2.67. The highest BCUT2D eigenvalue weighted by molar-refractivity contribution is 7.80. The van der Waals surface area contributed by atoms with Gasteiger partial charge in [-0.1, -0.05) is 30.3 Å². The summed E-state index contributed by atoms with van der Waals surface area (Å²) < 4.78 is 0. The molecule has 0 aromatic heterocycles.